The van der Waals surface area contributed by atoms with Gasteiger partial charge in [-0.15, -0.1) is 0 Å². The van der Waals surface area contributed by atoms with Crippen LogP contribution in [0.3, 0.4) is 0 Å². The van der Waals surface area contributed by atoms with Gasteiger partial charge in [0, 0.05) is 46.2 Å². The van der Waals surface area contributed by atoms with Crippen molar-refractivity contribution in [1.82, 2.24) is 55.7 Å². The molecule has 5 heterocycles. The third-order valence-corrected chi connectivity index (χ3v) is 17.9. The minimum Gasteiger partial charge on any atom is -0.458 e. The molecule has 6 N–H and O–H groups in total. The van der Waals surface area contributed by atoms with E-state index in [1.807, 2.05) is 0 Å². The van der Waals surface area contributed by atoms with Gasteiger partial charge in [-0.05, 0) is 90.7 Å². The number of carbonyl (C=O) groups is 13. The third-order valence-electron chi connectivity index (χ3n) is 17.9. The van der Waals surface area contributed by atoms with Gasteiger partial charge in [0.2, 0.25) is 52.7 Å². The minimum atomic E-state index is -1.96. The van der Waals surface area contributed by atoms with Gasteiger partial charge in [-0.2, -0.15) is 0 Å². The highest BCUT2D eigenvalue weighted by Gasteiger charge is 2.50. The molecular weight excluding hydrogens is 1180 g/mol. The number of ketones is 1. The molecule has 0 unspecified atom stereocenters. The van der Waals surface area contributed by atoms with E-state index >= 15 is 9.59 Å². The Hall–Kier alpha value is -9.05. The maximum Gasteiger partial charge on any atom is 0.329 e. The van der Waals surface area contributed by atoms with Crippen LogP contribution in [0.15, 0.2) is 21.3 Å². The maximum absolute atomic E-state index is 15.1. The molecule has 5 aliphatic heterocycles. The summed E-state index contributed by atoms with van der Waals surface area (Å²) >= 11 is 0. The van der Waals surface area contributed by atoms with Crippen LogP contribution in [0.1, 0.15) is 127 Å². The highest BCUT2D eigenvalue weighted by atomic mass is 16.6. The van der Waals surface area contributed by atoms with E-state index in [4.69, 9.17) is 24.6 Å². The molecule has 1 aromatic carbocycles. The number of esters is 2. The van der Waals surface area contributed by atoms with Gasteiger partial charge in [-0.25, -0.2) is 14.6 Å². The van der Waals surface area contributed by atoms with E-state index in [2.05, 4.69) is 21.3 Å². The fourth-order valence-corrected chi connectivity index (χ4v) is 12.1. The van der Waals surface area contributed by atoms with E-state index in [9.17, 15) is 57.5 Å². The molecule has 91 heavy (non-hydrogen) atoms. The first kappa shape index (κ1) is 69.4. The topological polar surface area (TPSA) is 377 Å². The largest absolute Gasteiger partial charge is 0.458 e. The first-order chi connectivity index (χ1) is 42.4. The monoisotopic (exact) mass is 1270 g/mol. The number of ether oxygens (including phenoxy) is 2. The molecule has 1 aliphatic carbocycles. The number of Topliss-reactive ketones (excluding diaryl/α,β-unsaturated/α-hetero) is 1. The molecule has 12 atom stereocenters. The Morgan fingerprint density at radius 3 is 1.67 bits per heavy atom. The van der Waals surface area contributed by atoms with E-state index in [1.165, 1.54) is 84.7 Å². The summed E-state index contributed by atoms with van der Waals surface area (Å²) in [6.45, 7) is 18.8. The molecular formula is C62H84N12O17. The van der Waals surface area contributed by atoms with Gasteiger partial charge in [0.15, 0.2) is 17.1 Å². The number of nitrogens with zero attached hydrogens (tertiary/aromatic N) is 7. The number of amides is 10. The van der Waals surface area contributed by atoms with Gasteiger partial charge in [0.25, 0.3) is 11.8 Å². The van der Waals surface area contributed by atoms with Crippen molar-refractivity contribution >= 4 is 93.6 Å². The maximum atomic E-state index is 15.1. The molecule has 7 rings (SSSR count). The zero-order valence-corrected chi connectivity index (χ0v) is 54.5. The molecule has 494 valence electrons. The Labute approximate surface area is 526 Å². The fourth-order valence-electron chi connectivity index (χ4n) is 12.1. The van der Waals surface area contributed by atoms with Crippen molar-refractivity contribution in [2.45, 2.75) is 182 Å². The quantitative estimate of drug-likeness (QED) is 0.118. The average Bonchev–Trinajstić information content (AvgIpc) is 1.43. The second kappa shape index (κ2) is 27.2. The van der Waals surface area contributed by atoms with Crippen LogP contribution in [-0.2, 0) is 62.2 Å². The Bertz CT molecular complexity index is 3530. The number of nitrogen functional groups attached to an aromatic ring is 1. The number of cyclic esters (lactones) is 2. The fraction of sp³-hybridized carbons (Fsp3) is 0.597. The zero-order chi connectivity index (χ0) is 68.0. The minimum absolute atomic E-state index is 0.0999. The number of likely N-dealkylation sites (N-methyl/N-ethyl adjacent to an activating group) is 4. The van der Waals surface area contributed by atoms with Crippen LogP contribution in [0.2, 0.25) is 0 Å². The molecule has 6 aliphatic rings. The Morgan fingerprint density at radius 2 is 1.13 bits per heavy atom. The van der Waals surface area contributed by atoms with Crippen LogP contribution < -0.4 is 32.4 Å². The van der Waals surface area contributed by atoms with Crippen molar-refractivity contribution in [2.24, 2.45) is 17.8 Å². The second-order valence-corrected chi connectivity index (χ2v) is 25.4. The lowest BCUT2D eigenvalue weighted by Gasteiger charge is -2.37. The lowest BCUT2D eigenvalue weighted by atomic mass is 9.98. The Balaban J connectivity index is 1.32. The number of anilines is 1. The highest BCUT2D eigenvalue weighted by Crippen LogP contribution is 2.36. The highest BCUT2D eigenvalue weighted by molar-refractivity contribution is 6.11. The summed E-state index contributed by atoms with van der Waals surface area (Å²) in [5.41, 5.74) is 3.27. The standard InChI is InChI=1S/C62H84N12O17/c1-25(2)43-59(85)73-29(8)19-21-36(73)57(83)69(14)24-40(77)72(17)49(27(5)6)62(88)90-34(13)45(55(81)65-43)67-53(79)35-20-18-28(7)51-47(35)64-48-41(42(63)50(78)30(9)52(48)91-51)54(80)68-46-33(12)89-61(87)32(11)71(16)39(76)23-70(15)58(84)37-22-38(75)31(10)74(37)60(86)44(26(3)4)66-56(46)82/h18,20,25-27,29,31-34,36-37,43-46,49H,19,21-24,63H2,1-17H3,(H,65,81)(H,66,82)(H,67,79)(H,68,80)/t29-,31+,32+,33-,34-,36+,37+,43-,44-,45+,46+,49+/m1/s1. The predicted octanol–water partition coefficient (Wildman–Crippen LogP) is 0.0455. The summed E-state index contributed by atoms with van der Waals surface area (Å²) in [5.74, 6) is -13.3. The molecule has 29 nitrogen and oxygen atoms in total. The van der Waals surface area contributed by atoms with Crippen LogP contribution >= 0.6 is 0 Å². The molecule has 0 radical (unpaired) electrons. The van der Waals surface area contributed by atoms with Crippen molar-refractivity contribution in [3.8, 4) is 11.5 Å². The van der Waals surface area contributed by atoms with Gasteiger partial charge in [-0.1, -0.05) is 47.6 Å². The molecule has 1 aromatic rings. The number of rotatable bonds is 7. The van der Waals surface area contributed by atoms with Crippen LogP contribution in [0.5, 0.6) is 0 Å². The van der Waals surface area contributed by atoms with Crippen LogP contribution in [-0.4, -0.2) is 225 Å². The number of nitrogens with one attached hydrogen (secondary N) is 4. The molecule has 4 saturated heterocycles. The lowest BCUT2D eigenvalue weighted by Crippen LogP contribution is -2.62. The molecule has 0 saturated carbocycles. The lowest BCUT2D eigenvalue weighted by molar-refractivity contribution is -0.163. The number of hydrogen-bond donors (Lipinski definition) is 5. The summed E-state index contributed by atoms with van der Waals surface area (Å²) in [6, 6.07) is -10.4. The van der Waals surface area contributed by atoms with E-state index in [1.54, 1.807) is 55.4 Å². The molecule has 10 amide bonds. The average molecular weight is 1270 g/mol. The van der Waals surface area contributed by atoms with Crippen LogP contribution in [0.4, 0.5) is 5.69 Å². The van der Waals surface area contributed by atoms with Gasteiger partial charge >= 0.3 is 11.9 Å². The van der Waals surface area contributed by atoms with E-state index < -0.39 is 209 Å². The Kier molecular flexibility index (Phi) is 20.7. The molecule has 0 bridgehead atoms. The van der Waals surface area contributed by atoms with E-state index in [-0.39, 0.29) is 34.4 Å². The van der Waals surface area contributed by atoms with Crippen LogP contribution in [0, 0.1) is 31.6 Å². The second-order valence-electron chi connectivity index (χ2n) is 25.4. The zero-order valence-electron chi connectivity index (χ0n) is 54.5. The van der Waals surface area contributed by atoms with Crippen molar-refractivity contribution in [1.29, 1.82) is 0 Å². The van der Waals surface area contributed by atoms with Gasteiger partial charge < -0.3 is 70.3 Å². The summed E-state index contributed by atoms with van der Waals surface area (Å²) < 4.78 is 18.1. The van der Waals surface area contributed by atoms with Crippen molar-refractivity contribution < 1.29 is 76.2 Å². The van der Waals surface area contributed by atoms with E-state index in [0.717, 1.165) is 19.6 Å². The van der Waals surface area contributed by atoms with Crippen molar-refractivity contribution in [3.05, 3.63) is 44.6 Å². The number of carbonyl (C=O) groups excluding carboxylic acids is 13. The SMILES string of the molecule is Cc1c2oc3c(C)ccc(C(=O)N[C@@H]4C(=O)N[C@H](C(C)C)C(=O)N5[C@H](C)CC[C@H]5C(=O)N(C)CC(=O)N(C)[C@@H](C(C)C)C(=O)O[C@@H]4C)c3nc-2c(C(=O)N[C@@H]2C(=O)N[C@H](C(C)C)C(=O)N3[C@@H](C)C(=O)C[C@H]3C(=O)N(C)CC(=O)N(C)[C@@H](C)C(=O)O[C@@H]2C)c(N)c1=O. The van der Waals surface area contributed by atoms with E-state index in [0.29, 0.717) is 12.0 Å². The number of nitrogens with two attached hydrogens (primary N) is 1. The van der Waals surface area contributed by atoms with Crippen molar-refractivity contribution in [3.63, 3.8) is 0 Å². The number of aryl methyl sites for hydroxylation is 1. The summed E-state index contributed by atoms with van der Waals surface area (Å²) in [7, 11) is 5.37. The number of benzene rings is 2. The summed E-state index contributed by atoms with van der Waals surface area (Å²) in [5, 5.41) is 10.5. The molecule has 0 aromatic heterocycles. The molecule has 0 spiro atoms. The Morgan fingerprint density at radius 1 is 0.626 bits per heavy atom. The van der Waals surface area contributed by atoms with Gasteiger partial charge in [-0.3, -0.25) is 57.5 Å². The van der Waals surface area contributed by atoms with Crippen molar-refractivity contribution in [2.75, 3.05) is 47.0 Å². The predicted molar refractivity (Wildman–Crippen MR) is 326 cm³/mol. The normalized spacial score (nSPS) is 27.7. The summed E-state index contributed by atoms with van der Waals surface area (Å²) in [6.07, 6.45) is -2.87. The smallest absolute Gasteiger partial charge is 0.329 e. The third kappa shape index (κ3) is 13.6. The number of aromatic nitrogens is 1. The molecule has 29 heteroatoms. The molecule has 4 fully saturated rings. The summed E-state index contributed by atoms with van der Waals surface area (Å²) in [4.78, 5) is 212. The first-order valence-corrected chi connectivity index (χ1v) is 30.4. The number of hydrogen-bond acceptors (Lipinski definition) is 19. The number of fused-ring (bicyclic) bond motifs is 4. The van der Waals surface area contributed by atoms with Gasteiger partial charge in [0.05, 0.1) is 35.9 Å². The van der Waals surface area contributed by atoms with Gasteiger partial charge in [0.1, 0.15) is 71.8 Å². The van der Waals surface area contributed by atoms with Crippen LogP contribution in [0.25, 0.3) is 22.6 Å². The first-order valence-electron chi connectivity index (χ1n) is 30.4.